The van der Waals surface area contributed by atoms with E-state index in [9.17, 15) is 5.11 Å². The van der Waals surface area contributed by atoms with Crippen molar-refractivity contribution in [1.29, 1.82) is 0 Å². The predicted octanol–water partition coefficient (Wildman–Crippen LogP) is 4.03. The largest absolute Gasteiger partial charge is 0.508 e. The summed E-state index contributed by atoms with van der Waals surface area (Å²) in [5.41, 5.74) is 3.22. The van der Waals surface area contributed by atoms with Crippen LogP contribution in [0.25, 0.3) is 11.3 Å². The van der Waals surface area contributed by atoms with Crippen LogP contribution in [0.5, 0.6) is 11.6 Å². The van der Waals surface area contributed by atoms with E-state index in [0.717, 1.165) is 16.8 Å². The number of phenols is 1. The first-order valence-electron chi connectivity index (χ1n) is 8.04. The van der Waals surface area contributed by atoms with Crippen molar-refractivity contribution >= 4 is 17.4 Å². The average molecular weight is 364 g/mol. The number of fused-ring (bicyclic) bond motifs is 3. The molecule has 0 saturated heterocycles. The van der Waals surface area contributed by atoms with Crippen LogP contribution in [0.2, 0.25) is 0 Å². The Morgan fingerprint density at radius 2 is 1.96 bits per heavy atom. The highest BCUT2D eigenvalue weighted by molar-refractivity contribution is 7.99. The van der Waals surface area contributed by atoms with Crippen LogP contribution in [0.15, 0.2) is 66.3 Å². The number of nitrogens with zero attached hydrogens (tertiary/aromatic N) is 3. The molecule has 0 spiro atoms. The zero-order valence-corrected chi connectivity index (χ0v) is 14.6. The number of thioether (sulfide) groups is 1. The highest BCUT2D eigenvalue weighted by atomic mass is 32.2. The minimum absolute atomic E-state index is 0.204. The van der Waals surface area contributed by atoms with E-state index in [4.69, 9.17) is 4.74 Å². The van der Waals surface area contributed by atoms with Gasteiger partial charge in [0.05, 0.1) is 0 Å². The Hall–Kier alpha value is -3.06. The molecule has 130 valence electrons. The topological polar surface area (TPSA) is 80.2 Å². The Morgan fingerprint density at radius 1 is 1.15 bits per heavy atom. The molecule has 0 amide bonds. The number of hydrogen-bond acceptors (Lipinski definition) is 7. The first-order valence-corrected chi connectivity index (χ1v) is 9.03. The van der Waals surface area contributed by atoms with E-state index in [-0.39, 0.29) is 5.75 Å². The van der Waals surface area contributed by atoms with Crippen LogP contribution in [0.4, 0.5) is 5.69 Å². The number of aromatic hydroxyl groups is 1. The van der Waals surface area contributed by atoms with Crippen molar-refractivity contribution in [3.63, 3.8) is 0 Å². The Bertz CT molecular complexity index is 947. The van der Waals surface area contributed by atoms with Gasteiger partial charge in [0, 0.05) is 22.6 Å². The highest BCUT2D eigenvalue weighted by Gasteiger charge is 2.25. The maximum atomic E-state index is 9.54. The van der Waals surface area contributed by atoms with Gasteiger partial charge in [0.2, 0.25) is 11.0 Å². The predicted molar refractivity (Wildman–Crippen MR) is 101 cm³/mol. The number of para-hydroxylation sites is 1. The van der Waals surface area contributed by atoms with Crippen molar-refractivity contribution in [3.05, 3.63) is 66.7 Å². The molecule has 4 rings (SSSR count). The Labute approximate surface area is 155 Å². The minimum atomic E-state index is -0.466. The number of phenolic OH excluding ortho intramolecular Hbond substituents is 1. The molecule has 3 aromatic rings. The van der Waals surface area contributed by atoms with E-state index in [1.165, 1.54) is 11.8 Å². The lowest BCUT2D eigenvalue weighted by Crippen LogP contribution is -2.17. The van der Waals surface area contributed by atoms with Gasteiger partial charge in [0.15, 0.2) is 11.9 Å². The van der Waals surface area contributed by atoms with E-state index in [1.54, 1.807) is 18.2 Å². The molecular weight excluding hydrogens is 348 g/mol. The summed E-state index contributed by atoms with van der Waals surface area (Å²) < 4.78 is 6.14. The summed E-state index contributed by atoms with van der Waals surface area (Å²) in [5.74, 6) is 1.31. The van der Waals surface area contributed by atoms with Crippen LogP contribution in [-0.2, 0) is 0 Å². The molecule has 1 aliphatic heterocycles. The summed E-state index contributed by atoms with van der Waals surface area (Å²) in [7, 11) is 0. The van der Waals surface area contributed by atoms with Crippen LogP contribution in [0, 0.1) is 0 Å². The second-order valence-electron chi connectivity index (χ2n) is 5.63. The Kier molecular flexibility index (Phi) is 4.45. The number of benzene rings is 2. The fourth-order valence-electron chi connectivity index (χ4n) is 2.64. The second kappa shape index (κ2) is 7.05. The van der Waals surface area contributed by atoms with Crippen molar-refractivity contribution in [2.45, 2.75) is 11.4 Å². The van der Waals surface area contributed by atoms with Gasteiger partial charge in [-0.2, -0.15) is 4.98 Å². The lowest BCUT2D eigenvalue weighted by Gasteiger charge is -2.19. The number of rotatable bonds is 4. The SMILES string of the molecule is C=CCSc1nnc2c(n1)O[C@H](c1ccc(O)cc1)Nc1ccccc1-2. The summed E-state index contributed by atoms with van der Waals surface area (Å²) in [4.78, 5) is 4.53. The van der Waals surface area contributed by atoms with Crippen molar-refractivity contribution in [2.24, 2.45) is 0 Å². The van der Waals surface area contributed by atoms with Gasteiger partial charge in [-0.25, -0.2) is 0 Å². The maximum absolute atomic E-state index is 9.54. The minimum Gasteiger partial charge on any atom is -0.508 e. The molecule has 1 aliphatic rings. The normalized spacial score (nSPS) is 15.0. The smallest absolute Gasteiger partial charge is 0.247 e. The van der Waals surface area contributed by atoms with Crippen LogP contribution in [0.3, 0.4) is 0 Å². The van der Waals surface area contributed by atoms with Crippen molar-refractivity contribution in [3.8, 4) is 22.9 Å². The number of hydrogen-bond donors (Lipinski definition) is 2. The van der Waals surface area contributed by atoms with Crippen molar-refractivity contribution in [1.82, 2.24) is 15.2 Å². The molecule has 0 bridgehead atoms. The number of aromatic nitrogens is 3. The zero-order valence-electron chi connectivity index (χ0n) is 13.8. The molecule has 0 saturated carbocycles. The molecule has 0 unspecified atom stereocenters. The molecule has 0 fully saturated rings. The molecule has 2 heterocycles. The maximum Gasteiger partial charge on any atom is 0.247 e. The summed E-state index contributed by atoms with van der Waals surface area (Å²) >= 11 is 1.44. The molecular formula is C19H16N4O2S. The van der Waals surface area contributed by atoms with E-state index in [0.29, 0.717) is 22.5 Å². The first-order chi connectivity index (χ1) is 12.7. The third kappa shape index (κ3) is 3.21. The molecule has 2 N–H and O–H groups in total. The molecule has 1 atom stereocenters. The van der Waals surface area contributed by atoms with Gasteiger partial charge in [-0.1, -0.05) is 36.0 Å². The van der Waals surface area contributed by atoms with Gasteiger partial charge in [-0.05, 0) is 30.3 Å². The summed E-state index contributed by atoms with van der Waals surface area (Å²) in [5, 5.41) is 22.0. The van der Waals surface area contributed by atoms with Gasteiger partial charge in [0.25, 0.3) is 0 Å². The third-order valence-corrected chi connectivity index (χ3v) is 4.69. The monoisotopic (exact) mass is 364 g/mol. The summed E-state index contributed by atoms with van der Waals surface area (Å²) in [6.45, 7) is 3.71. The van der Waals surface area contributed by atoms with Crippen LogP contribution < -0.4 is 10.1 Å². The molecule has 26 heavy (non-hydrogen) atoms. The first kappa shape index (κ1) is 16.4. The number of ether oxygens (including phenoxy) is 1. The van der Waals surface area contributed by atoms with Gasteiger partial charge in [-0.15, -0.1) is 16.8 Å². The van der Waals surface area contributed by atoms with Crippen molar-refractivity contribution in [2.75, 3.05) is 11.1 Å². The van der Waals surface area contributed by atoms with E-state index < -0.39 is 6.23 Å². The molecule has 0 aliphatic carbocycles. The Morgan fingerprint density at radius 3 is 2.77 bits per heavy atom. The van der Waals surface area contributed by atoms with Crippen LogP contribution in [0.1, 0.15) is 11.8 Å². The van der Waals surface area contributed by atoms with E-state index >= 15 is 0 Å². The third-order valence-electron chi connectivity index (χ3n) is 3.86. The van der Waals surface area contributed by atoms with Gasteiger partial charge >= 0.3 is 0 Å². The van der Waals surface area contributed by atoms with Gasteiger partial charge in [-0.3, -0.25) is 0 Å². The standard InChI is InChI=1S/C19H16N4O2S/c1-2-11-26-19-21-18-16(22-23-19)14-5-3-4-6-15(14)20-17(25-18)12-7-9-13(24)10-8-12/h2-10,17,20,24H,1,11H2/t17-/m1/s1. The molecule has 1 aromatic heterocycles. The summed E-state index contributed by atoms with van der Waals surface area (Å²) in [6.07, 6.45) is 1.32. The molecule has 2 aromatic carbocycles. The van der Waals surface area contributed by atoms with Gasteiger partial charge < -0.3 is 15.2 Å². The number of anilines is 1. The van der Waals surface area contributed by atoms with Crippen LogP contribution in [-0.4, -0.2) is 26.0 Å². The molecule has 0 radical (unpaired) electrons. The van der Waals surface area contributed by atoms with Gasteiger partial charge in [0.1, 0.15) is 5.75 Å². The fraction of sp³-hybridized carbons (Fsp3) is 0.105. The summed E-state index contributed by atoms with van der Waals surface area (Å²) in [6, 6.07) is 14.7. The fourth-order valence-corrected chi connectivity index (χ4v) is 3.15. The van der Waals surface area contributed by atoms with Crippen molar-refractivity contribution < 1.29 is 9.84 Å². The molecule has 6 nitrogen and oxygen atoms in total. The number of nitrogens with one attached hydrogen (secondary N) is 1. The highest BCUT2D eigenvalue weighted by Crippen LogP contribution is 2.39. The lowest BCUT2D eigenvalue weighted by molar-refractivity contribution is 0.225. The van der Waals surface area contributed by atoms with E-state index in [2.05, 4.69) is 27.1 Å². The Balaban J connectivity index is 1.79. The molecule has 7 heteroatoms. The average Bonchev–Trinajstić information content (AvgIpc) is 2.83. The zero-order chi connectivity index (χ0) is 17.9. The van der Waals surface area contributed by atoms with Crippen LogP contribution >= 0.6 is 11.8 Å². The second-order valence-corrected chi connectivity index (χ2v) is 6.61. The quantitative estimate of drug-likeness (QED) is 0.534. The lowest BCUT2D eigenvalue weighted by atomic mass is 10.1. The van der Waals surface area contributed by atoms with E-state index in [1.807, 2.05) is 36.4 Å².